The van der Waals surface area contributed by atoms with E-state index >= 15 is 0 Å². The molecule has 0 aliphatic carbocycles. The number of benzene rings is 1. The summed E-state index contributed by atoms with van der Waals surface area (Å²) in [5.41, 5.74) is 4.70. The highest BCUT2D eigenvalue weighted by atomic mass is 35.5. The Labute approximate surface area is 167 Å². The molecule has 0 aliphatic heterocycles. The Hall–Kier alpha value is -3.12. The van der Waals surface area contributed by atoms with Gasteiger partial charge in [-0.05, 0) is 44.2 Å². The molecule has 1 aromatic carbocycles. The van der Waals surface area contributed by atoms with Gasteiger partial charge in [-0.3, -0.25) is 4.68 Å². The molecule has 0 unspecified atom stereocenters. The molecule has 0 aliphatic rings. The fraction of sp³-hybridized carbons (Fsp3) is 0.190. The van der Waals surface area contributed by atoms with E-state index in [2.05, 4.69) is 5.10 Å². The Bertz CT molecular complexity index is 1150. The molecule has 0 amide bonds. The van der Waals surface area contributed by atoms with Crippen LogP contribution in [-0.2, 0) is 11.3 Å². The second kappa shape index (κ2) is 7.48. The van der Waals surface area contributed by atoms with Crippen LogP contribution in [0.2, 0.25) is 5.02 Å². The first kappa shape index (κ1) is 18.3. The van der Waals surface area contributed by atoms with Gasteiger partial charge in [0.05, 0.1) is 30.2 Å². The van der Waals surface area contributed by atoms with Crippen molar-refractivity contribution in [2.24, 2.45) is 0 Å². The molecular formula is C21H19ClN4O2. The van der Waals surface area contributed by atoms with Crippen LogP contribution >= 0.6 is 11.6 Å². The van der Waals surface area contributed by atoms with Crippen molar-refractivity contribution >= 4 is 23.2 Å². The van der Waals surface area contributed by atoms with Crippen molar-refractivity contribution < 1.29 is 9.53 Å². The van der Waals surface area contributed by atoms with E-state index in [9.17, 15) is 4.79 Å². The maximum Gasteiger partial charge on any atom is 0.356 e. The second-order valence-corrected chi connectivity index (χ2v) is 6.83. The van der Waals surface area contributed by atoms with Crippen molar-refractivity contribution in [3.8, 4) is 11.3 Å². The van der Waals surface area contributed by atoms with Crippen LogP contribution in [0.4, 0.5) is 0 Å². The minimum atomic E-state index is -0.384. The largest absolute Gasteiger partial charge is 0.461 e. The lowest BCUT2D eigenvalue weighted by atomic mass is 10.1. The van der Waals surface area contributed by atoms with Gasteiger partial charge >= 0.3 is 5.97 Å². The van der Waals surface area contributed by atoms with Gasteiger partial charge in [0.1, 0.15) is 11.3 Å². The molecule has 6 nitrogen and oxygen atoms in total. The highest BCUT2D eigenvalue weighted by Crippen LogP contribution is 2.27. The van der Waals surface area contributed by atoms with E-state index in [0.717, 1.165) is 28.3 Å². The van der Waals surface area contributed by atoms with E-state index < -0.39 is 0 Å². The Kier molecular flexibility index (Phi) is 4.88. The van der Waals surface area contributed by atoms with Crippen molar-refractivity contribution in [1.29, 1.82) is 0 Å². The third-order valence-corrected chi connectivity index (χ3v) is 4.68. The van der Waals surface area contributed by atoms with Crippen LogP contribution in [0.25, 0.3) is 16.9 Å². The fourth-order valence-corrected chi connectivity index (χ4v) is 3.34. The number of ether oxygens (including phenoxy) is 1. The second-order valence-electron chi connectivity index (χ2n) is 6.39. The zero-order valence-electron chi connectivity index (χ0n) is 15.6. The van der Waals surface area contributed by atoms with Gasteiger partial charge in [-0.25, -0.2) is 9.78 Å². The molecule has 3 heterocycles. The van der Waals surface area contributed by atoms with E-state index in [1.165, 1.54) is 0 Å². The van der Waals surface area contributed by atoms with Gasteiger partial charge in [0, 0.05) is 16.8 Å². The number of hydrogen-bond acceptors (Lipinski definition) is 4. The average molecular weight is 395 g/mol. The summed E-state index contributed by atoms with van der Waals surface area (Å²) in [6, 6.07) is 15.1. The maximum absolute atomic E-state index is 12.3. The number of carbonyl (C=O) groups is 1. The number of esters is 1. The highest BCUT2D eigenvalue weighted by molar-refractivity contribution is 6.30. The third-order valence-electron chi connectivity index (χ3n) is 4.43. The summed E-state index contributed by atoms with van der Waals surface area (Å²) in [5, 5.41) is 5.17. The van der Waals surface area contributed by atoms with Gasteiger partial charge in [0.2, 0.25) is 0 Å². The fourth-order valence-electron chi connectivity index (χ4n) is 3.21. The zero-order chi connectivity index (χ0) is 19.7. The summed E-state index contributed by atoms with van der Waals surface area (Å²) in [5.74, 6) is -0.384. The number of aromatic nitrogens is 4. The quantitative estimate of drug-likeness (QED) is 0.471. The topological polar surface area (TPSA) is 61.4 Å². The Morgan fingerprint density at radius 2 is 1.96 bits per heavy atom. The smallest absolute Gasteiger partial charge is 0.356 e. The number of carbonyl (C=O) groups excluding carboxylic acids is 1. The van der Waals surface area contributed by atoms with Crippen LogP contribution in [0, 0.1) is 6.92 Å². The van der Waals surface area contributed by atoms with Gasteiger partial charge in [-0.15, -0.1) is 0 Å². The molecule has 4 aromatic rings. The van der Waals surface area contributed by atoms with Crippen molar-refractivity contribution in [2.45, 2.75) is 20.4 Å². The van der Waals surface area contributed by atoms with Crippen LogP contribution in [0.15, 0.2) is 54.7 Å². The molecule has 0 saturated heterocycles. The van der Waals surface area contributed by atoms with E-state index in [-0.39, 0.29) is 5.97 Å². The van der Waals surface area contributed by atoms with Gasteiger partial charge in [-0.2, -0.15) is 5.10 Å². The van der Waals surface area contributed by atoms with Crippen molar-refractivity contribution in [1.82, 2.24) is 19.2 Å². The highest BCUT2D eigenvalue weighted by Gasteiger charge is 2.20. The number of pyridine rings is 1. The first-order valence-electron chi connectivity index (χ1n) is 9.00. The van der Waals surface area contributed by atoms with Gasteiger partial charge in [-0.1, -0.05) is 29.8 Å². The van der Waals surface area contributed by atoms with Crippen LogP contribution in [0.1, 0.15) is 28.8 Å². The SMILES string of the molecule is CCOC(=O)c1cc(C)nn1Cc1c(-c2ccc(Cl)cc2)nc2ccccn12. The molecule has 0 N–H and O–H groups in total. The van der Waals surface area contributed by atoms with Gasteiger partial charge in [0.15, 0.2) is 0 Å². The molecule has 28 heavy (non-hydrogen) atoms. The zero-order valence-corrected chi connectivity index (χ0v) is 16.3. The minimum absolute atomic E-state index is 0.314. The standard InChI is InChI=1S/C21H19ClN4O2/c1-3-28-21(27)17-12-14(2)24-26(17)13-18-20(15-7-9-16(22)10-8-15)23-19-6-4-5-11-25(18)19/h4-12H,3,13H2,1-2H3. The number of fused-ring (bicyclic) bond motifs is 1. The molecule has 4 rings (SSSR count). The lowest BCUT2D eigenvalue weighted by Gasteiger charge is -2.09. The number of hydrogen-bond donors (Lipinski definition) is 0. The molecule has 0 saturated carbocycles. The molecule has 0 spiro atoms. The summed E-state index contributed by atoms with van der Waals surface area (Å²) in [7, 11) is 0. The number of halogens is 1. The van der Waals surface area contributed by atoms with Crippen molar-refractivity contribution in [3.05, 3.63) is 76.8 Å². The summed E-state index contributed by atoms with van der Waals surface area (Å²) in [6.45, 7) is 4.34. The Balaban J connectivity index is 1.84. The van der Waals surface area contributed by atoms with Crippen LogP contribution < -0.4 is 0 Å². The first-order valence-corrected chi connectivity index (χ1v) is 9.38. The number of aryl methyl sites for hydroxylation is 1. The van der Waals surface area contributed by atoms with Crippen LogP contribution in [0.5, 0.6) is 0 Å². The number of imidazole rings is 1. The molecule has 0 atom stereocenters. The molecule has 3 aromatic heterocycles. The predicted molar refractivity (Wildman–Crippen MR) is 108 cm³/mol. The molecule has 142 valence electrons. The normalized spacial score (nSPS) is 11.1. The lowest BCUT2D eigenvalue weighted by molar-refractivity contribution is 0.0512. The number of rotatable bonds is 5. The summed E-state index contributed by atoms with van der Waals surface area (Å²) >= 11 is 6.04. The molecule has 7 heteroatoms. The maximum atomic E-state index is 12.3. The third kappa shape index (κ3) is 3.39. The van der Waals surface area contributed by atoms with E-state index in [0.29, 0.717) is 23.9 Å². The number of nitrogens with zero attached hydrogens (tertiary/aromatic N) is 4. The minimum Gasteiger partial charge on any atom is -0.461 e. The Morgan fingerprint density at radius 1 is 1.18 bits per heavy atom. The molecule has 0 radical (unpaired) electrons. The van der Waals surface area contributed by atoms with E-state index in [1.807, 2.05) is 60.0 Å². The summed E-state index contributed by atoms with van der Waals surface area (Å²) in [6.07, 6.45) is 1.96. The monoisotopic (exact) mass is 394 g/mol. The van der Waals surface area contributed by atoms with Crippen molar-refractivity contribution in [3.63, 3.8) is 0 Å². The van der Waals surface area contributed by atoms with Gasteiger partial charge < -0.3 is 9.14 Å². The van der Waals surface area contributed by atoms with E-state index in [4.69, 9.17) is 21.3 Å². The lowest BCUT2D eigenvalue weighted by Crippen LogP contribution is -2.15. The van der Waals surface area contributed by atoms with Crippen LogP contribution in [-0.4, -0.2) is 31.7 Å². The van der Waals surface area contributed by atoms with E-state index in [1.54, 1.807) is 17.7 Å². The molecule has 0 bridgehead atoms. The Morgan fingerprint density at radius 3 is 2.71 bits per heavy atom. The summed E-state index contributed by atoms with van der Waals surface area (Å²) < 4.78 is 8.86. The molecular weight excluding hydrogens is 376 g/mol. The predicted octanol–water partition coefficient (Wildman–Crippen LogP) is 4.38. The van der Waals surface area contributed by atoms with Crippen LogP contribution in [0.3, 0.4) is 0 Å². The van der Waals surface area contributed by atoms with Gasteiger partial charge in [0.25, 0.3) is 0 Å². The molecule has 0 fully saturated rings. The first-order chi connectivity index (χ1) is 13.6. The average Bonchev–Trinajstić information content (AvgIpc) is 3.24. The summed E-state index contributed by atoms with van der Waals surface area (Å²) in [4.78, 5) is 17.1. The van der Waals surface area contributed by atoms with Crippen molar-refractivity contribution in [2.75, 3.05) is 6.61 Å².